The summed E-state index contributed by atoms with van der Waals surface area (Å²) in [5.74, 6) is 0.351. The Bertz CT molecular complexity index is 313. The molecule has 0 radical (unpaired) electrons. The van der Waals surface area contributed by atoms with E-state index in [-0.39, 0.29) is 17.6 Å². The van der Waals surface area contributed by atoms with Crippen LogP contribution in [0, 0.1) is 0 Å². The summed E-state index contributed by atoms with van der Waals surface area (Å²) in [6.45, 7) is 7.00. The van der Waals surface area contributed by atoms with Gasteiger partial charge in [0, 0.05) is 19.2 Å². The molecule has 6 nitrogen and oxygen atoms in total. The average Bonchev–Trinajstić information content (AvgIpc) is 2.19. The van der Waals surface area contributed by atoms with Crippen LogP contribution in [-0.2, 0) is 14.3 Å². The maximum absolute atomic E-state index is 11.3. The molecule has 0 rings (SSSR count). The van der Waals surface area contributed by atoms with Crippen LogP contribution in [0.3, 0.4) is 0 Å². The van der Waals surface area contributed by atoms with E-state index < -0.39 is 11.7 Å². The highest BCUT2D eigenvalue weighted by molar-refractivity contribution is 8.13. The van der Waals surface area contributed by atoms with Crippen molar-refractivity contribution in [2.75, 3.05) is 18.8 Å². The minimum Gasteiger partial charge on any atom is -0.444 e. The second kappa shape index (κ2) is 7.97. The summed E-state index contributed by atoms with van der Waals surface area (Å²) in [6, 6.07) is 0. The fourth-order valence-corrected chi connectivity index (χ4v) is 1.51. The topological polar surface area (TPSA) is 84.5 Å². The Kier molecular flexibility index (Phi) is 7.42. The van der Waals surface area contributed by atoms with Crippen molar-refractivity contribution >= 4 is 28.9 Å². The summed E-state index contributed by atoms with van der Waals surface area (Å²) in [5.41, 5.74) is -0.578. The van der Waals surface area contributed by atoms with Crippen LogP contribution in [0.15, 0.2) is 0 Å². The van der Waals surface area contributed by atoms with Crippen molar-refractivity contribution in [2.45, 2.75) is 33.3 Å². The Hall–Kier alpha value is -1.24. The third-order valence-corrected chi connectivity index (χ3v) is 2.39. The van der Waals surface area contributed by atoms with E-state index in [0.29, 0.717) is 12.3 Å². The molecular weight excluding hydrogens is 256 g/mol. The standard InChI is InChI=1S/C11H20N2O4S/c1-8(14)12-5-6-18-9(15)7-13-10(16)17-11(2,3)4/h5-7H2,1-4H3,(H,12,14)(H,13,16). The molecule has 2 amide bonds. The average molecular weight is 276 g/mol. The van der Waals surface area contributed by atoms with E-state index in [2.05, 4.69) is 10.6 Å². The lowest BCUT2D eigenvalue weighted by molar-refractivity contribution is -0.118. The second-order valence-corrected chi connectivity index (χ2v) is 5.71. The molecule has 0 aromatic rings. The number of hydrogen-bond donors (Lipinski definition) is 2. The zero-order chi connectivity index (χ0) is 14.2. The van der Waals surface area contributed by atoms with E-state index in [1.807, 2.05) is 0 Å². The lowest BCUT2D eigenvalue weighted by Gasteiger charge is -2.19. The van der Waals surface area contributed by atoms with Crippen molar-refractivity contribution in [3.63, 3.8) is 0 Å². The van der Waals surface area contributed by atoms with Crippen LogP contribution < -0.4 is 10.6 Å². The van der Waals surface area contributed by atoms with Crippen molar-refractivity contribution in [3.8, 4) is 0 Å². The Balaban J connectivity index is 3.64. The van der Waals surface area contributed by atoms with Gasteiger partial charge in [0.1, 0.15) is 5.60 Å². The first-order valence-electron chi connectivity index (χ1n) is 5.57. The van der Waals surface area contributed by atoms with Gasteiger partial charge in [-0.1, -0.05) is 11.8 Å². The van der Waals surface area contributed by atoms with Crippen LogP contribution in [0.1, 0.15) is 27.7 Å². The Morgan fingerprint density at radius 3 is 2.28 bits per heavy atom. The number of carbonyl (C=O) groups is 3. The van der Waals surface area contributed by atoms with Crippen molar-refractivity contribution in [2.24, 2.45) is 0 Å². The van der Waals surface area contributed by atoms with Crippen LogP contribution in [0.25, 0.3) is 0 Å². The molecule has 0 fully saturated rings. The molecule has 7 heteroatoms. The molecule has 0 saturated carbocycles. The predicted molar refractivity (Wildman–Crippen MR) is 70.4 cm³/mol. The Labute approximate surface area is 111 Å². The second-order valence-electron chi connectivity index (χ2n) is 4.56. The third kappa shape index (κ3) is 11.3. The molecule has 104 valence electrons. The molecule has 18 heavy (non-hydrogen) atoms. The zero-order valence-electron chi connectivity index (χ0n) is 11.2. The summed E-state index contributed by atoms with van der Waals surface area (Å²) >= 11 is 1.05. The van der Waals surface area contributed by atoms with Crippen LogP contribution in [0.2, 0.25) is 0 Å². The first-order valence-corrected chi connectivity index (χ1v) is 6.56. The van der Waals surface area contributed by atoms with E-state index in [4.69, 9.17) is 4.74 Å². The van der Waals surface area contributed by atoms with E-state index in [0.717, 1.165) is 11.8 Å². The van der Waals surface area contributed by atoms with Gasteiger partial charge in [-0.15, -0.1) is 0 Å². The molecule has 0 aliphatic carbocycles. The number of nitrogens with one attached hydrogen (secondary N) is 2. The summed E-state index contributed by atoms with van der Waals surface area (Å²) in [7, 11) is 0. The van der Waals surface area contributed by atoms with E-state index in [1.54, 1.807) is 20.8 Å². The minimum absolute atomic E-state index is 0.0837. The quantitative estimate of drug-likeness (QED) is 0.729. The van der Waals surface area contributed by atoms with Crippen molar-refractivity contribution in [1.29, 1.82) is 0 Å². The van der Waals surface area contributed by atoms with Crippen molar-refractivity contribution < 1.29 is 19.1 Å². The lowest BCUT2D eigenvalue weighted by atomic mass is 10.2. The van der Waals surface area contributed by atoms with Gasteiger partial charge in [0.25, 0.3) is 0 Å². The van der Waals surface area contributed by atoms with Crippen LogP contribution in [-0.4, -0.2) is 41.6 Å². The zero-order valence-corrected chi connectivity index (χ0v) is 12.0. The molecule has 2 N–H and O–H groups in total. The molecule has 0 aromatic heterocycles. The molecule has 0 atom stereocenters. The summed E-state index contributed by atoms with van der Waals surface area (Å²) in [4.78, 5) is 33.1. The monoisotopic (exact) mass is 276 g/mol. The van der Waals surface area contributed by atoms with Crippen molar-refractivity contribution in [1.82, 2.24) is 10.6 Å². The number of thioether (sulfide) groups is 1. The molecule has 0 spiro atoms. The Morgan fingerprint density at radius 1 is 1.17 bits per heavy atom. The van der Waals surface area contributed by atoms with E-state index in [9.17, 15) is 14.4 Å². The first kappa shape index (κ1) is 16.8. The van der Waals surface area contributed by atoms with Crippen LogP contribution in [0.5, 0.6) is 0 Å². The fourth-order valence-electron chi connectivity index (χ4n) is 0.901. The maximum Gasteiger partial charge on any atom is 0.408 e. The number of rotatable bonds is 5. The highest BCUT2D eigenvalue weighted by atomic mass is 32.2. The van der Waals surface area contributed by atoms with Gasteiger partial charge in [-0.05, 0) is 20.8 Å². The fraction of sp³-hybridized carbons (Fsp3) is 0.727. The SMILES string of the molecule is CC(=O)NCCSC(=O)CNC(=O)OC(C)(C)C. The number of alkyl carbamates (subject to hydrolysis) is 1. The van der Waals surface area contributed by atoms with Gasteiger partial charge in [0.2, 0.25) is 11.0 Å². The highest BCUT2D eigenvalue weighted by Crippen LogP contribution is 2.06. The van der Waals surface area contributed by atoms with E-state index in [1.165, 1.54) is 6.92 Å². The van der Waals surface area contributed by atoms with Crippen molar-refractivity contribution in [3.05, 3.63) is 0 Å². The molecule has 0 aliphatic heterocycles. The van der Waals surface area contributed by atoms with E-state index >= 15 is 0 Å². The number of carbonyl (C=O) groups excluding carboxylic acids is 3. The Morgan fingerprint density at radius 2 is 1.78 bits per heavy atom. The maximum atomic E-state index is 11.3. The van der Waals surface area contributed by atoms with Gasteiger partial charge in [-0.3, -0.25) is 9.59 Å². The predicted octanol–water partition coefficient (Wildman–Crippen LogP) is 0.907. The highest BCUT2D eigenvalue weighted by Gasteiger charge is 2.16. The smallest absolute Gasteiger partial charge is 0.408 e. The third-order valence-electron chi connectivity index (χ3n) is 1.52. The first-order chi connectivity index (χ1) is 8.20. The van der Waals surface area contributed by atoms with Gasteiger partial charge >= 0.3 is 6.09 Å². The molecule has 0 aliphatic rings. The molecule has 0 bridgehead atoms. The van der Waals surface area contributed by atoms with Gasteiger partial charge < -0.3 is 15.4 Å². The van der Waals surface area contributed by atoms with Crippen LogP contribution in [0.4, 0.5) is 4.79 Å². The largest absolute Gasteiger partial charge is 0.444 e. The number of ether oxygens (including phenoxy) is 1. The van der Waals surface area contributed by atoms with Gasteiger partial charge in [-0.25, -0.2) is 4.79 Å². The molecule has 0 saturated heterocycles. The number of hydrogen-bond acceptors (Lipinski definition) is 5. The summed E-state index contributed by atoms with van der Waals surface area (Å²) in [6.07, 6.45) is -0.613. The lowest BCUT2D eigenvalue weighted by Crippen LogP contribution is -2.35. The molecule has 0 heterocycles. The molecule has 0 unspecified atom stereocenters. The summed E-state index contributed by atoms with van der Waals surface area (Å²) < 4.78 is 4.98. The molecule has 0 aromatic carbocycles. The normalized spacial score (nSPS) is 10.7. The van der Waals surface area contributed by atoms with Crippen LogP contribution >= 0.6 is 11.8 Å². The van der Waals surface area contributed by atoms with Gasteiger partial charge in [0.15, 0.2) is 0 Å². The summed E-state index contributed by atoms with van der Waals surface area (Å²) in [5, 5.41) is 4.77. The molecular formula is C11H20N2O4S. The minimum atomic E-state index is -0.613. The number of amides is 2. The van der Waals surface area contributed by atoms with Gasteiger partial charge in [-0.2, -0.15) is 0 Å². The van der Waals surface area contributed by atoms with Gasteiger partial charge in [0.05, 0.1) is 6.54 Å².